The van der Waals surface area contributed by atoms with E-state index in [1.807, 2.05) is 54.3 Å². The zero-order chi connectivity index (χ0) is 18.1. The highest BCUT2D eigenvalue weighted by Crippen LogP contribution is 2.16. The zero-order valence-electron chi connectivity index (χ0n) is 15.4. The van der Waals surface area contributed by atoms with Crippen molar-refractivity contribution < 1.29 is 9.53 Å². The fourth-order valence-electron chi connectivity index (χ4n) is 2.63. The fraction of sp³-hybridized carbons (Fsp3) is 0.381. The maximum atomic E-state index is 12.6. The van der Waals surface area contributed by atoms with Crippen LogP contribution < -0.4 is 10.1 Å². The van der Waals surface area contributed by atoms with Gasteiger partial charge in [0.15, 0.2) is 0 Å². The van der Waals surface area contributed by atoms with Gasteiger partial charge in [-0.3, -0.25) is 4.79 Å². The van der Waals surface area contributed by atoms with Crippen molar-refractivity contribution in [3.8, 4) is 5.75 Å². The third kappa shape index (κ3) is 6.14. The van der Waals surface area contributed by atoms with Gasteiger partial charge in [-0.05, 0) is 50.6 Å². The van der Waals surface area contributed by atoms with Crippen LogP contribution in [0.25, 0.3) is 0 Å². The molecule has 0 heterocycles. The number of rotatable bonds is 9. The van der Waals surface area contributed by atoms with Gasteiger partial charge >= 0.3 is 0 Å². The Morgan fingerprint density at radius 1 is 1.08 bits per heavy atom. The van der Waals surface area contributed by atoms with E-state index in [1.54, 1.807) is 0 Å². The van der Waals surface area contributed by atoms with Gasteiger partial charge in [-0.2, -0.15) is 0 Å². The molecule has 2 rings (SSSR count). The fourth-order valence-corrected chi connectivity index (χ4v) is 2.63. The number of benzene rings is 2. The molecule has 0 bridgehead atoms. The standard InChI is InChI=1S/C21H28N2O2/c1-4-25-20-12-10-19(11-13-20)22-15-14-21(24)23(17(2)3)16-18-8-6-5-7-9-18/h5-13,17,22H,4,14-16H2,1-3H3. The Labute approximate surface area is 150 Å². The monoisotopic (exact) mass is 340 g/mol. The van der Waals surface area contributed by atoms with E-state index in [0.29, 0.717) is 26.1 Å². The molecule has 1 amide bonds. The summed E-state index contributed by atoms with van der Waals surface area (Å²) in [4.78, 5) is 14.5. The van der Waals surface area contributed by atoms with Crippen molar-refractivity contribution >= 4 is 11.6 Å². The lowest BCUT2D eigenvalue weighted by Gasteiger charge is -2.27. The van der Waals surface area contributed by atoms with Crippen molar-refractivity contribution in [2.45, 2.75) is 39.8 Å². The lowest BCUT2D eigenvalue weighted by atomic mass is 10.1. The number of hydrogen-bond donors (Lipinski definition) is 1. The highest BCUT2D eigenvalue weighted by Gasteiger charge is 2.16. The predicted molar refractivity (Wildman–Crippen MR) is 103 cm³/mol. The summed E-state index contributed by atoms with van der Waals surface area (Å²) >= 11 is 0. The average molecular weight is 340 g/mol. The molecule has 0 unspecified atom stereocenters. The largest absolute Gasteiger partial charge is 0.494 e. The maximum absolute atomic E-state index is 12.6. The summed E-state index contributed by atoms with van der Waals surface area (Å²) in [7, 11) is 0. The molecule has 0 radical (unpaired) electrons. The van der Waals surface area contributed by atoms with Crippen molar-refractivity contribution in [1.29, 1.82) is 0 Å². The number of carbonyl (C=O) groups is 1. The summed E-state index contributed by atoms with van der Waals surface area (Å²) < 4.78 is 5.43. The molecule has 2 aromatic rings. The van der Waals surface area contributed by atoms with Crippen molar-refractivity contribution in [3.63, 3.8) is 0 Å². The van der Waals surface area contributed by atoms with Crippen LogP contribution >= 0.6 is 0 Å². The number of nitrogens with zero attached hydrogens (tertiary/aromatic N) is 1. The first-order valence-corrected chi connectivity index (χ1v) is 8.90. The second-order valence-electron chi connectivity index (χ2n) is 6.24. The van der Waals surface area contributed by atoms with Gasteiger partial charge in [-0.1, -0.05) is 30.3 Å². The van der Waals surface area contributed by atoms with Gasteiger partial charge in [-0.15, -0.1) is 0 Å². The van der Waals surface area contributed by atoms with E-state index in [-0.39, 0.29) is 11.9 Å². The van der Waals surface area contributed by atoms with Gasteiger partial charge in [0.05, 0.1) is 6.61 Å². The smallest absolute Gasteiger partial charge is 0.224 e. The number of anilines is 1. The minimum Gasteiger partial charge on any atom is -0.494 e. The number of ether oxygens (including phenoxy) is 1. The summed E-state index contributed by atoms with van der Waals surface area (Å²) in [5, 5.41) is 3.30. The van der Waals surface area contributed by atoms with Crippen molar-refractivity contribution in [3.05, 3.63) is 60.2 Å². The molecule has 0 saturated heterocycles. The topological polar surface area (TPSA) is 41.6 Å². The summed E-state index contributed by atoms with van der Waals surface area (Å²) in [5.74, 6) is 1.02. The molecule has 4 nitrogen and oxygen atoms in total. The van der Waals surface area contributed by atoms with E-state index in [0.717, 1.165) is 17.0 Å². The molecule has 4 heteroatoms. The minimum absolute atomic E-state index is 0.164. The van der Waals surface area contributed by atoms with E-state index in [2.05, 4.69) is 31.3 Å². The first-order valence-electron chi connectivity index (χ1n) is 8.90. The lowest BCUT2D eigenvalue weighted by Crippen LogP contribution is -2.37. The molecule has 0 spiro atoms. The van der Waals surface area contributed by atoms with Gasteiger partial charge in [0.25, 0.3) is 0 Å². The molecule has 0 saturated carbocycles. The van der Waals surface area contributed by atoms with E-state index in [4.69, 9.17) is 4.74 Å². The summed E-state index contributed by atoms with van der Waals surface area (Å²) in [6.45, 7) is 8.01. The van der Waals surface area contributed by atoms with Gasteiger partial charge in [0.1, 0.15) is 5.75 Å². The van der Waals surface area contributed by atoms with Crippen LogP contribution in [0.2, 0.25) is 0 Å². The first kappa shape index (κ1) is 18.8. The number of amides is 1. The lowest BCUT2D eigenvalue weighted by molar-refractivity contribution is -0.133. The van der Waals surface area contributed by atoms with E-state index in [1.165, 1.54) is 0 Å². The van der Waals surface area contributed by atoms with Gasteiger partial charge in [0, 0.05) is 31.2 Å². The molecule has 25 heavy (non-hydrogen) atoms. The summed E-state index contributed by atoms with van der Waals surface area (Å²) in [6.07, 6.45) is 0.470. The first-order chi connectivity index (χ1) is 12.1. The van der Waals surface area contributed by atoms with Crippen LogP contribution in [0.3, 0.4) is 0 Å². The molecule has 0 aromatic heterocycles. The molecule has 0 aliphatic carbocycles. The minimum atomic E-state index is 0.164. The van der Waals surface area contributed by atoms with E-state index < -0.39 is 0 Å². The quantitative estimate of drug-likeness (QED) is 0.739. The summed E-state index contributed by atoms with van der Waals surface area (Å²) in [6, 6.07) is 18.1. The average Bonchev–Trinajstić information content (AvgIpc) is 2.62. The van der Waals surface area contributed by atoms with Crippen molar-refractivity contribution in [1.82, 2.24) is 4.90 Å². The number of hydrogen-bond acceptors (Lipinski definition) is 3. The van der Waals surface area contributed by atoms with Crippen LogP contribution in [0, 0.1) is 0 Å². The zero-order valence-corrected chi connectivity index (χ0v) is 15.4. The molecule has 1 N–H and O–H groups in total. The van der Waals surface area contributed by atoms with Crippen LogP contribution in [0.1, 0.15) is 32.8 Å². The highest BCUT2D eigenvalue weighted by molar-refractivity contribution is 5.77. The number of carbonyl (C=O) groups excluding carboxylic acids is 1. The second kappa shape index (κ2) is 9.72. The van der Waals surface area contributed by atoms with Gasteiger partial charge < -0.3 is 15.0 Å². The molecular weight excluding hydrogens is 312 g/mol. The van der Waals surface area contributed by atoms with Crippen LogP contribution in [0.15, 0.2) is 54.6 Å². The number of nitrogens with one attached hydrogen (secondary N) is 1. The predicted octanol–water partition coefficient (Wildman–Crippen LogP) is 4.32. The third-order valence-corrected chi connectivity index (χ3v) is 3.97. The van der Waals surface area contributed by atoms with Crippen LogP contribution in [0.4, 0.5) is 5.69 Å². The Hall–Kier alpha value is -2.49. The highest BCUT2D eigenvalue weighted by atomic mass is 16.5. The Balaban J connectivity index is 1.84. The van der Waals surface area contributed by atoms with Crippen LogP contribution in [-0.4, -0.2) is 30.0 Å². The Bertz CT molecular complexity index is 639. The Kier molecular flexibility index (Phi) is 7.33. The van der Waals surface area contributed by atoms with E-state index in [9.17, 15) is 4.79 Å². The molecule has 0 aliphatic rings. The molecular formula is C21H28N2O2. The third-order valence-electron chi connectivity index (χ3n) is 3.97. The van der Waals surface area contributed by atoms with E-state index >= 15 is 0 Å². The molecule has 0 aliphatic heterocycles. The van der Waals surface area contributed by atoms with Crippen molar-refractivity contribution in [2.24, 2.45) is 0 Å². The molecule has 134 valence electrons. The normalized spacial score (nSPS) is 10.6. The van der Waals surface area contributed by atoms with Crippen LogP contribution in [0.5, 0.6) is 5.75 Å². The van der Waals surface area contributed by atoms with Crippen LogP contribution in [-0.2, 0) is 11.3 Å². The SMILES string of the molecule is CCOc1ccc(NCCC(=O)N(Cc2ccccc2)C(C)C)cc1. The Morgan fingerprint density at radius 2 is 1.76 bits per heavy atom. The molecule has 0 fully saturated rings. The summed E-state index contributed by atoms with van der Waals surface area (Å²) in [5.41, 5.74) is 2.15. The molecule has 0 atom stereocenters. The second-order valence-corrected chi connectivity index (χ2v) is 6.24. The van der Waals surface area contributed by atoms with Crippen molar-refractivity contribution in [2.75, 3.05) is 18.5 Å². The Morgan fingerprint density at radius 3 is 2.36 bits per heavy atom. The maximum Gasteiger partial charge on any atom is 0.224 e. The van der Waals surface area contributed by atoms with Gasteiger partial charge in [0.2, 0.25) is 5.91 Å². The molecule has 2 aromatic carbocycles. The van der Waals surface area contributed by atoms with Gasteiger partial charge in [-0.25, -0.2) is 0 Å².